The van der Waals surface area contributed by atoms with E-state index >= 15 is 0 Å². The van der Waals surface area contributed by atoms with Crippen LogP contribution in [0.5, 0.6) is 0 Å². The highest BCUT2D eigenvalue weighted by molar-refractivity contribution is 7.13. The Morgan fingerprint density at radius 3 is 2.49 bits per heavy atom. The molecule has 0 aliphatic heterocycles. The van der Waals surface area contributed by atoms with Crippen LogP contribution in [0.2, 0.25) is 0 Å². The zero-order valence-corrected chi connectivity index (χ0v) is 21.8. The summed E-state index contributed by atoms with van der Waals surface area (Å²) >= 11 is 1.44. The van der Waals surface area contributed by atoms with Gasteiger partial charge in [0.05, 0.1) is 16.8 Å². The van der Waals surface area contributed by atoms with E-state index in [1.807, 2.05) is 17.5 Å². The van der Waals surface area contributed by atoms with Gasteiger partial charge in [-0.25, -0.2) is 9.97 Å². The average molecular weight is 498 g/mol. The first-order valence-electron chi connectivity index (χ1n) is 11.9. The molecule has 0 unspecified atom stereocenters. The van der Waals surface area contributed by atoms with Gasteiger partial charge in [0.15, 0.2) is 0 Å². The van der Waals surface area contributed by atoms with Crippen molar-refractivity contribution in [3.8, 4) is 21.8 Å². The molecule has 0 bridgehead atoms. The van der Waals surface area contributed by atoms with Gasteiger partial charge >= 0.3 is 0 Å². The first kappa shape index (κ1) is 26.5. The summed E-state index contributed by atoms with van der Waals surface area (Å²) in [5.74, 6) is 0.543. The standard InChI is InChI=1S/C25H35N7O2S/c1-15(2)26-8-10-29-22-12-18(6-7-28-22)25-32-21(14-35-25)20-13-19(17(5)31-24(20)34)23(33)30-11-9-27-16(3)4/h6-7,12-16,26-27H,8-11H2,1-5H3,(H,28,29)(H,30,33)(H,31,34). The van der Waals surface area contributed by atoms with Crippen LogP contribution in [0.15, 0.2) is 34.6 Å². The van der Waals surface area contributed by atoms with E-state index in [1.54, 1.807) is 19.2 Å². The molecule has 10 heteroatoms. The average Bonchev–Trinajstić information content (AvgIpc) is 3.29. The molecule has 0 saturated carbocycles. The number of H-pyrrole nitrogens is 1. The van der Waals surface area contributed by atoms with Gasteiger partial charge in [0, 0.05) is 61.1 Å². The Hall–Kier alpha value is -3.08. The van der Waals surface area contributed by atoms with Crippen molar-refractivity contribution in [1.82, 2.24) is 30.9 Å². The van der Waals surface area contributed by atoms with E-state index in [-0.39, 0.29) is 11.5 Å². The largest absolute Gasteiger partial charge is 0.369 e. The maximum atomic E-state index is 12.7. The number of aryl methyl sites for hydroxylation is 1. The quantitative estimate of drug-likeness (QED) is 0.244. The third-order valence-corrected chi connectivity index (χ3v) is 6.11. The van der Waals surface area contributed by atoms with Gasteiger partial charge < -0.3 is 26.3 Å². The molecule has 3 heterocycles. The van der Waals surface area contributed by atoms with Crippen molar-refractivity contribution in [2.75, 3.05) is 31.5 Å². The van der Waals surface area contributed by atoms with Crippen LogP contribution >= 0.6 is 11.3 Å². The lowest BCUT2D eigenvalue weighted by molar-refractivity contribution is 0.0952. The first-order valence-corrected chi connectivity index (χ1v) is 12.8. The third kappa shape index (κ3) is 7.71. The summed E-state index contributed by atoms with van der Waals surface area (Å²) in [5, 5.41) is 15.4. The second-order valence-electron chi connectivity index (χ2n) is 8.92. The van der Waals surface area contributed by atoms with E-state index in [9.17, 15) is 9.59 Å². The number of anilines is 1. The van der Waals surface area contributed by atoms with Gasteiger partial charge in [0.1, 0.15) is 10.8 Å². The van der Waals surface area contributed by atoms with Gasteiger partial charge in [-0.05, 0) is 25.1 Å². The third-order valence-electron chi connectivity index (χ3n) is 5.22. The van der Waals surface area contributed by atoms with Crippen LogP contribution < -0.4 is 26.8 Å². The lowest BCUT2D eigenvalue weighted by Gasteiger charge is -2.11. The molecule has 0 fully saturated rings. The number of pyridine rings is 2. The van der Waals surface area contributed by atoms with Crippen molar-refractivity contribution in [2.45, 2.75) is 46.7 Å². The highest BCUT2D eigenvalue weighted by Crippen LogP contribution is 2.29. The molecule has 0 atom stereocenters. The minimum atomic E-state index is -0.271. The van der Waals surface area contributed by atoms with E-state index < -0.39 is 0 Å². The topological polar surface area (TPSA) is 124 Å². The number of amides is 1. The monoisotopic (exact) mass is 497 g/mol. The van der Waals surface area contributed by atoms with Crippen LogP contribution in [-0.2, 0) is 0 Å². The van der Waals surface area contributed by atoms with Crippen molar-refractivity contribution in [3.05, 3.63) is 51.4 Å². The molecule has 9 nitrogen and oxygen atoms in total. The Balaban J connectivity index is 1.74. The molecule has 5 N–H and O–H groups in total. The number of aromatic nitrogens is 3. The number of aromatic amines is 1. The summed E-state index contributed by atoms with van der Waals surface area (Å²) in [6.07, 6.45) is 1.74. The van der Waals surface area contributed by atoms with E-state index in [0.717, 1.165) is 29.5 Å². The van der Waals surface area contributed by atoms with Crippen LogP contribution in [0.25, 0.3) is 21.8 Å². The molecule has 35 heavy (non-hydrogen) atoms. The van der Waals surface area contributed by atoms with Gasteiger partial charge in [-0.1, -0.05) is 27.7 Å². The van der Waals surface area contributed by atoms with Gasteiger partial charge in [0.2, 0.25) is 0 Å². The van der Waals surface area contributed by atoms with Crippen LogP contribution in [0.4, 0.5) is 5.82 Å². The molecule has 0 aliphatic rings. The van der Waals surface area contributed by atoms with Crippen molar-refractivity contribution >= 4 is 23.1 Å². The second-order valence-corrected chi connectivity index (χ2v) is 9.78. The number of carbonyl (C=O) groups is 1. The van der Waals surface area contributed by atoms with E-state index in [1.165, 1.54) is 11.3 Å². The lowest BCUT2D eigenvalue weighted by atomic mass is 10.1. The Kier molecular flexibility index (Phi) is 9.53. The number of nitrogens with zero attached hydrogens (tertiary/aromatic N) is 2. The van der Waals surface area contributed by atoms with E-state index in [4.69, 9.17) is 0 Å². The first-order chi connectivity index (χ1) is 16.7. The van der Waals surface area contributed by atoms with Crippen LogP contribution in [-0.4, -0.2) is 59.1 Å². The lowest BCUT2D eigenvalue weighted by Crippen LogP contribution is -2.35. The molecular weight excluding hydrogens is 462 g/mol. The van der Waals surface area contributed by atoms with Crippen molar-refractivity contribution in [3.63, 3.8) is 0 Å². The number of thiazole rings is 1. The molecule has 0 radical (unpaired) electrons. The maximum Gasteiger partial charge on any atom is 0.257 e. The Bertz CT molecular complexity index is 1190. The summed E-state index contributed by atoms with van der Waals surface area (Å²) in [7, 11) is 0. The molecule has 3 aromatic heterocycles. The van der Waals surface area contributed by atoms with Gasteiger partial charge in [-0.15, -0.1) is 11.3 Å². The summed E-state index contributed by atoms with van der Waals surface area (Å²) in [6, 6.07) is 6.24. The van der Waals surface area contributed by atoms with Gasteiger partial charge in [-0.2, -0.15) is 0 Å². The zero-order chi connectivity index (χ0) is 25.4. The molecule has 0 spiro atoms. The van der Waals surface area contributed by atoms with Crippen LogP contribution in [0.1, 0.15) is 43.7 Å². The predicted octanol–water partition coefficient (Wildman–Crippen LogP) is 3.01. The van der Waals surface area contributed by atoms with Crippen molar-refractivity contribution in [1.29, 1.82) is 0 Å². The van der Waals surface area contributed by atoms with E-state index in [0.29, 0.717) is 47.7 Å². The SMILES string of the molecule is Cc1[nH]c(=O)c(-c2csc(-c3ccnc(NCCNC(C)C)c3)n2)cc1C(=O)NCCNC(C)C. The fourth-order valence-electron chi connectivity index (χ4n) is 3.42. The van der Waals surface area contributed by atoms with Crippen molar-refractivity contribution in [2.24, 2.45) is 0 Å². The summed E-state index contributed by atoms with van der Waals surface area (Å²) in [6.45, 7) is 12.8. The van der Waals surface area contributed by atoms with Crippen molar-refractivity contribution < 1.29 is 4.79 Å². The minimum absolute atomic E-state index is 0.224. The number of hydrogen-bond donors (Lipinski definition) is 5. The summed E-state index contributed by atoms with van der Waals surface area (Å²) < 4.78 is 0. The fraction of sp³-hybridized carbons (Fsp3) is 0.440. The molecule has 0 aromatic carbocycles. The van der Waals surface area contributed by atoms with E-state index in [2.05, 4.69) is 63.9 Å². The summed E-state index contributed by atoms with van der Waals surface area (Å²) in [5.41, 5.74) is 2.51. The fourth-order valence-corrected chi connectivity index (χ4v) is 4.24. The highest BCUT2D eigenvalue weighted by atomic mass is 32.1. The smallest absolute Gasteiger partial charge is 0.257 e. The maximum absolute atomic E-state index is 12.7. The zero-order valence-electron chi connectivity index (χ0n) is 21.0. The molecule has 188 valence electrons. The Labute approximate surface area is 210 Å². The van der Waals surface area contributed by atoms with Gasteiger partial charge in [-0.3, -0.25) is 9.59 Å². The molecule has 0 aliphatic carbocycles. The molecule has 3 rings (SSSR count). The Morgan fingerprint density at radius 2 is 1.77 bits per heavy atom. The number of hydrogen-bond acceptors (Lipinski definition) is 8. The number of nitrogens with one attached hydrogen (secondary N) is 5. The van der Waals surface area contributed by atoms with Crippen LogP contribution in [0.3, 0.4) is 0 Å². The van der Waals surface area contributed by atoms with Gasteiger partial charge in [0.25, 0.3) is 11.5 Å². The predicted molar refractivity (Wildman–Crippen MR) is 143 cm³/mol. The van der Waals surface area contributed by atoms with Crippen LogP contribution in [0, 0.1) is 6.92 Å². The number of carbonyl (C=O) groups excluding carboxylic acids is 1. The molecule has 3 aromatic rings. The normalized spacial score (nSPS) is 11.3. The molecule has 0 saturated heterocycles. The highest BCUT2D eigenvalue weighted by Gasteiger charge is 2.16. The number of rotatable bonds is 12. The Morgan fingerprint density at radius 1 is 1.06 bits per heavy atom. The molecule has 1 amide bonds. The summed E-state index contributed by atoms with van der Waals surface area (Å²) in [4.78, 5) is 37.3. The second kappa shape index (κ2) is 12.6. The molecular formula is C25H35N7O2S. The minimum Gasteiger partial charge on any atom is -0.369 e.